The Hall–Kier alpha value is -2.60. The molecule has 0 saturated heterocycles. The van der Waals surface area contributed by atoms with E-state index in [9.17, 15) is 4.79 Å². The van der Waals surface area contributed by atoms with Gasteiger partial charge in [-0.15, -0.1) is 0 Å². The Kier molecular flexibility index (Phi) is 4.17. The topological polar surface area (TPSA) is 50.1 Å². The number of ether oxygens (including phenoxy) is 1. The van der Waals surface area contributed by atoms with Gasteiger partial charge in [-0.1, -0.05) is 35.9 Å². The van der Waals surface area contributed by atoms with Crippen LogP contribution in [0.3, 0.4) is 0 Å². The highest BCUT2D eigenvalue weighted by Crippen LogP contribution is 2.19. The Labute approximate surface area is 118 Å². The lowest BCUT2D eigenvalue weighted by atomic mass is 10.1. The van der Waals surface area contributed by atoms with Crippen molar-refractivity contribution in [1.29, 1.82) is 5.26 Å². The van der Waals surface area contributed by atoms with Crippen molar-refractivity contribution in [2.75, 3.05) is 6.61 Å². The van der Waals surface area contributed by atoms with Gasteiger partial charge in [-0.25, -0.2) is 0 Å². The highest BCUT2D eigenvalue weighted by atomic mass is 16.5. The van der Waals surface area contributed by atoms with Gasteiger partial charge in [0, 0.05) is 5.56 Å². The van der Waals surface area contributed by atoms with Crippen LogP contribution in [0.1, 0.15) is 27.0 Å². The lowest BCUT2D eigenvalue weighted by Crippen LogP contribution is -2.12. The molecule has 0 saturated carbocycles. The van der Waals surface area contributed by atoms with E-state index in [1.54, 1.807) is 24.3 Å². The number of nitriles is 1. The molecule has 0 aliphatic carbocycles. The molecule has 3 nitrogen and oxygen atoms in total. The van der Waals surface area contributed by atoms with E-state index < -0.39 is 0 Å². The quantitative estimate of drug-likeness (QED) is 0.796. The lowest BCUT2D eigenvalue weighted by molar-refractivity contribution is 0.0921. The minimum atomic E-state index is -0.0771. The van der Waals surface area contributed by atoms with E-state index in [0.717, 1.165) is 11.1 Å². The van der Waals surface area contributed by atoms with Crippen molar-refractivity contribution in [2.45, 2.75) is 13.8 Å². The van der Waals surface area contributed by atoms with Crippen LogP contribution in [0, 0.1) is 25.2 Å². The summed E-state index contributed by atoms with van der Waals surface area (Å²) in [6.07, 6.45) is 0. The molecule has 0 aromatic heterocycles. The first kappa shape index (κ1) is 13.8. The predicted molar refractivity (Wildman–Crippen MR) is 76.9 cm³/mol. The van der Waals surface area contributed by atoms with Crippen molar-refractivity contribution < 1.29 is 9.53 Å². The zero-order chi connectivity index (χ0) is 14.5. The standard InChI is InChI=1S/C17H15NO2/c1-12-3-7-15(8-4-12)16(19)11-20-17-9-14(10-18)6-5-13(17)2/h3-9H,11H2,1-2H3. The average Bonchev–Trinajstić information content (AvgIpc) is 2.47. The minimum absolute atomic E-state index is 0.0290. The fourth-order valence-corrected chi connectivity index (χ4v) is 1.79. The second-order valence-corrected chi connectivity index (χ2v) is 4.67. The predicted octanol–water partition coefficient (Wildman–Crippen LogP) is 3.44. The Morgan fingerprint density at radius 3 is 2.50 bits per heavy atom. The molecule has 0 bridgehead atoms. The normalized spacial score (nSPS) is 9.85. The second kappa shape index (κ2) is 6.03. The molecular formula is C17H15NO2. The SMILES string of the molecule is Cc1ccc(C(=O)COc2cc(C#N)ccc2C)cc1. The van der Waals surface area contributed by atoms with Crippen LogP contribution in [0.25, 0.3) is 0 Å². The number of rotatable bonds is 4. The molecule has 0 fully saturated rings. The van der Waals surface area contributed by atoms with E-state index in [2.05, 4.69) is 6.07 Å². The summed E-state index contributed by atoms with van der Waals surface area (Å²) in [7, 11) is 0. The van der Waals surface area contributed by atoms with Crippen LogP contribution in [0.2, 0.25) is 0 Å². The van der Waals surface area contributed by atoms with Gasteiger partial charge in [-0.2, -0.15) is 5.26 Å². The molecule has 3 heteroatoms. The first-order valence-electron chi connectivity index (χ1n) is 6.33. The molecule has 0 amide bonds. The Bertz CT molecular complexity index is 666. The summed E-state index contributed by atoms with van der Waals surface area (Å²) in [5, 5.41) is 8.86. The molecule has 0 spiro atoms. The largest absolute Gasteiger partial charge is 0.485 e. The molecule has 0 aliphatic heterocycles. The minimum Gasteiger partial charge on any atom is -0.485 e. The van der Waals surface area contributed by atoms with Gasteiger partial charge < -0.3 is 4.74 Å². The van der Waals surface area contributed by atoms with E-state index in [1.807, 2.05) is 32.0 Å². The number of aryl methyl sites for hydroxylation is 2. The summed E-state index contributed by atoms with van der Waals surface area (Å²) in [5.41, 5.74) is 3.17. The van der Waals surface area contributed by atoms with E-state index in [1.165, 1.54) is 0 Å². The molecule has 0 aliphatic rings. The third-order valence-corrected chi connectivity index (χ3v) is 3.05. The molecule has 0 N–H and O–H groups in total. The number of Topliss-reactive ketones (excluding diaryl/α,β-unsaturated/α-hetero) is 1. The van der Waals surface area contributed by atoms with E-state index in [-0.39, 0.29) is 12.4 Å². The second-order valence-electron chi connectivity index (χ2n) is 4.67. The Balaban J connectivity index is 2.07. The molecule has 2 aromatic rings. The number of benzene rings is 2. The van der Waals surface area contributed by atoms with Crippen LogP contribution in [-0.4, -0.2) is 12.4 Å². The van der Waals surface area contributed by atoms with E-state index in [0.29, 0.717) is 16.9 Å². The number of carbonyl (C=O) groups excluding carboxylic acids is 1. The summed E-state index contributed by atoms with van der Waals surface area (Å²) in [6, 6.07) is 14.6. The van der Waals surface area contributed by atoms with Crippen LogP contribution in [-0.2, 0) is 0 Å². The van der Waals surface area contributed by atoms with Crippen LogP contribution >= 0.6 is 0 Å². The van der Waals surface area contributed by atoms with Gasteiger partial charge in [0.25, 0.3) is 0 Å². The van der Waals surface area contributed by atoms with Gasteiger partial charge in [-0.05, 0) is 31.5 Å². The fourth-order valence-electron chi connectivity index (χ4n) is 1.79. The third-order valence-electron chi connectivity index (χ3n) is 3.05. The molecule has 100 valence electrons. The highest BCUT2D eigenvalue weighted by Gasteiger charge is 2.08. The molecule has 2 aromatic carbocycles. The van der Waals surface area contributed by atoms with Crippen LogP contribution < -0.4 is 4.74 Å². The average molecular weight is 265 g/mol. The maximum Gasteiger partial charge on any atom is 0.200 e. The molecule has 0 heterocycles. The summed E-state index contributed by atoms with van der Waals surface area (Å²) in [6.45, 7) is 3.83. The molecule has 0 radical (unpaired) electrons. The number of hydrogen-bond donors (Lipinski definition) is 0. The molecule has 0 atom stereocenters. The first-order valence-corrected chi connectivity index (χ1v) is 6.33. The van der Waals surface area contributed by atoms with Crippen LogP contribution in [0.4, 0.5) is 0 Å². The zero-order valence-electron chi connectivity index (χ0n) is 11.5. The summed E-state index contributed by atoms with van der Waals surface area (Å²) in [4.78, 5) is 12.0. The van der Waals surface area contributed by atoms with Gasteiger partial charge >= 0.3 is 0 Å². The maximum atomic E-state index is 12.0. The highest BCUT2D eigenvalue weighted by molar-refractivity contribution is 5.97. The van der Waals surface area contributed by atoms with Crippen molar-refractivity contribution in [3.63, 3.8) is 0 Å². The van der Waals surface area contributed by atoms with Gasteiger partial charge in [0.1, 0.15) is 5.75 Å². The third kappa shape index (κ3) is 3.24. The number of ketones is 1. The van der Waals surface area contributed by atoms with Crippen LogP contribution in [0.15, 0.2) is 42.5 Å². The summed E-state index contributed by atoms with van der Waals surface area (Å²) in [5.74, 6) is 0.497. The lowest BCUT2D eigenvalue weighted by Gasteiger charge is -2.09. The maximum absolute atomic E-state index is 12.0. The van der Waals surface area contributed by atoms with Crippen molar-refractivity contribution in [2.24, 2.45) is 0 Å². The number of carbonyl (C=O) groups is 1. The molecular weight excluding hydrogens is 250 g/mol. The first-order chi connectivity index (χ1) is 9.60. The molecule has 2 rings (SSSR count). The fraction of sp³-hybridized carbons (Fsp3) is 0.176. The number of nitrogens with zero attached hydrogens (tertiary/aromatic N) is 1. The van der Waals surface area contributed by atoms with Crippen molar-refractivity contribution in [3.8, 4) is 11.8 Å². The van der Waals surface area contributed by atoms with E-state index >= 15 is 0 Å². The van der Waals surface area contributed by atoms with Crippen LogP contribution in [0.5, 0.6) is 5.75 Å². The van der Waals surface area contributed by atoms with Gasteiger partial charge in [0.2, 0.25) is 0 Å². The zero-order valence-corrected chi connectivity index (χ0v) is 11.5. The van der Waals surface area contributed by atoms with Crippen molar-refractivity contribution in [3.05, 3.63) is 64.7 Å². The molecule has 0 unspecified atom stereocenters. The number of hydrogen-bond acceptors (Lipinski definition) is 3. The Morgan fingerprint density at radius 1 is 1.15 bits per heavy atom. The monoisotopic (exact) mass is 265 g/mol. The van der Waals surface area contributed by atoms with Crippen molar-refractivity contribution in [1.82, 2.24) is 0 Å². The van der Waals surface area contributed by atoms with Gasteiger partial charge in [-0.3, -0.25) is 4.79 Å². The van der Waals surface area contributed by atoms with E-state index in [4.69, 9.17) is 10.00 Å². The summed E-state index contributed by atoms with van der Waals surface area (Å²) >= 11 is 0. The van der Waals surface area contributed by atoms with Gasteiger partial charge in [0.15, 0.2) is 12.4 Å². The van der Waals surface area contributed by atoms with Gasteiger partial charge in [0.05, 0.1) is 11.6 Å². The smallest absolute Gasteiger partial charge is 0.200 e. The molecule has 20 heavy (non-hydrogen) atoms. The van der Waals surface area contributed by atoms with Crippen molar-refractivity contribution >= 4 is 5.78 Å². The Morgan fingerprint density at radius 2 is 1.85 bits per heavy atom. The summed E-state index contributed by atoms with van der Waals surface area (Å²) < 4.78 is 5.53.